The molecule has 0 atom stereocenters. The summed E-state index contributed by atoms with van der Waals surface area (Å²) >= 11 is 0. The fourth-order valence-corrected chi connectivity index (χ4v) is 4.08. The quantitative estimate of drug-likeness (QED) is 0.468. The number of amides is 1. The van der Waals surface area contributed by atoms with Gasteiger partial charge in [-0.2, -0.15) is 0 Å². The van der Waals surface area contributed by atoms with Crippen molar-refractivity contribution in [3.8, 4) is 11.1 Å². The molecule has 3 aromatic rings. The third kappa shape index (κ3) is 4.38. The van der Waals surface area contributed by atoms with E-state index in [1.807, 2.05) is 6.92 Å². The summed E-state index contributed by atoms with van der Waals surface area (Å²) < 4.78 is 35.8. The smallest absolute Gasteiger partial charge is 0.325 e. The Balaban J connectivity index is 1.80. The molecule has 7 heteroatoms. The van der Waals surface area contributed by atoms with Crippen molar-refractivity contribution in [3.63, 3.8) is 0 Å². The lowest BCUT2D eigenvalue weighted by Gasteiger charge is -2.22. The van der Waals surface area contributed by atoms with Crippen LogP contribution in [0.5, 0.6) is 0 Å². The summed E-state index contributed by atoms with van der Waals surface area (Å²) in [7, 11) is 0. The van der Waals surface area contributed by atoms with Gasteiger partial charge in [0.2, 0.25) is 5.91 Å². The van der Waals surface area contributed by atoms with Gasteiger partial charge >= 0.3 is 5.97 Å². The van der Waals surface area contributed by atoms with Gasteiger partial charge in [-0.3, -0.25) is 9.59 Å². The second kappa shape index (κ2) is 9.10. The minimum absolute atomic E-state index is 0.0518. The van der Waals surface area contributed by atoms with Crippen molar-refractivity contribution in [3.05, 3.63) is 59.8 Å². The van der Waals surface area contributed by atoms with Crippen molar-refractivity contribution in [1.29, 1.82) is 0 Å². The molecule has 0 unspecified atom stereocenters. The summed E-state index contributed by atoms with van der Waals surface area (Å²) in [6, 6.07) is 9.01. The summed E-state index contributed by atoms with van der Waals surface area (Å²) in [6.07, 6.45) is 3.47. The molecule has 0 bridgehead atoms. The summed E-state index contributed by atoms with van der Waals surface area (Å²) in [5, 5.41) is 0.348. The number of ether oxygens (including phenoxy) is 1. The molecule has 4 rings (SSSR count). The number of fused-ring (bicyclic) bond motifs is 1. The first kappa shape index (κ1) is 22.0. The van der Waals surface area contributed by atoms with Crippen molar-refractivity contribution in [2.75, 3.05) is 13.2 Å². The summed E-state index contributed by atoms with van der Waals surface area (Å²) in [5.41, 5.74) is 2.32. The van der Waals surface area contributed by atoms with Crippen molar-refractivity contribution in [2.24, 2.45) is 5.92 Å². The molecule has 1 saturated carbocycles. The van der Waals surface area contributed by atoms with Gasteiger partial charge in [0, 0.05) is 36.2 Å². The van der Waals surface area contributed by atoms with Gasteiger partial charge in [-0.25, -0.2) is 8.78 Å². The second-order valence-corrected chi connectivity index (χ2v) is 8.04. The summed E-state index contributed by atoms with van der Waals surface area (Å²) in [6.45, 7) is 4.55. The van der Waals surface area contributed by atoms with E-state index in [2.05, 4.69) is 0 Å². The van der Waals surface area contributed by atoms with Crippen molar-refractivity contribution < 1.29 is 23.1 Å². The number of nitrogens with zero attached hydrogens (tertiary/aromatic N) is 2. The molecule has 168 valence electrons. The Hall–Kier alpha value is -3.22. The number of carbonyl (C=O) groups is 2. The number of hydrogen-bond donors (Lipinski definition) is 0. The zero-order chi connectivity index (χ0) is 22.8. The largest absolute Gasteiger partial charge is 0.465 e. The van der Waals surface area contributed by atoms with E-state index in [0.717, 1.165) is 12.8 Å². The molecule has 0 aliphatic heterocycles. The SMILES string of the molecule is CCOC(=O)Cn1cc(-c2ccc(F)cc2CN(CC)C(=O)C2CC2)c2c(F)cccc21. The van der Waals surface area contributed by atoms with E-state index in [1.165, 1.54) is 18.2 Å². The Morgan fingerprint density at radius 1 is 1.12 bits per heavy atom. The van der Waals surface area contributed by atoms with E-state index in [0.29, 0.717) is 34.1 Å². The molecular formula is C25H26F2N2O3. The molecule has 1 aliphatic carbocycles. The highest BCUT2D eigenvalue weighted by Crippen LogP contribution is 2.36. The van der Waals surface area contributed by atoms with Crippen molar-refractivity contribution >= 4 is 22.8 Å². The highest BCUT2D eigenvalue weighted by atomic mass is 19.1. The van der Waals surface area contributed by atoms with Crippen LogP contribution in [0.1, 0.15) is 32.3 Å². The van der Waals surface area contributed by atoms with E-state index in [-0.39, 0.29) is 31.5 Å². The minimum Gasteiger partial charge on any atom is -0.465 e. The van der Waals surface area contributed by atoms with E-state index < -0.39 is 17.6 Å². The number of esters is 1. The van der Waals surface area contributed by atoms with Crippen LogP contribution >= 0.6 is 0 Å². The van der Waals surface area contributed by atoms with Gasteiger partial charge < -0.3 is 14.2 Å². The van der Waals surface area contributed by atoms with Crippen LogP contribution in [0.25, 0.3) is 22.0 Å². The molecule has 5 nitrogen and oxygen atoms in total. The second-order valence-electron chi connectivity index (χ2n) is 8.04. The van der Waals surface area contributed by atoms with Crippen LogP contribution in [0.3, 0.4) is 0 Å². The lowest BCUT2D eigenvalue weighted by Crippen LogP contribution is -2.31. The molecule has 0 N–H and O–H groups in total. The first-order valence-electron chi connectivity index (χ1n) is 10.9. The summed E-state index contributed by atoms with van der Waals surface area (Å²) in [4.78, 5) is 26.5. The van der Waals surface area contributed by atoms with E-state index in [4.69, 9.17) is 4.74 Å². The Morgan fingerprint density at radius 2 is 1.91 bits per heavy atom. The number of benzene rings is 2. The molecule has 1 aromatic heterocycles. The first-order chi connectivity index (χ1) is 15.4. The zero-order valence-corrected chi connectivity index (χ0v) is 18.2. The van der Waals surface area contributed by atoms with Crippen LogP contribution in [-0.2, 0) is 27.4 Å². The van der Waals surface area contributed by atoms with Gasteiger partial charge in [-0.15, -0.1) is 0 Å². The highest BCUT2D eigenvalue weighted by molar-refractivity contribution is 5.98. The number of aromatic nitrogens is 1. The predicted molar refractivity (Wildman–Crippen MR) is 118 cm³/mol. The van der Waals surface area contributed by atoms with Gasteiger partial charge in [-0.1, -0.05) is 12.1 Å². The normalized spacial score (nSPS) is 13.4. The Labute approximate surface area is 185 Å². The Morgan fingerprint density at radius 3 is 2.59 bits per heavy atom. The summed E-state index contributed by atoms with van der Waals surface area (Å²) in [5.74, 6) is -1.16. The number of hydrogen-bond acceptors (Lipinski definition) is 3. The lowest BCUT2D eigenvalue weighted by atomic mass is 9.98. The fraction of sp³-hybridized carbons (Fsp3) is 0.360. The van der Waals surface area contributed by atoms with Gasteiger partial charge in [0.05, 0.1) is 12.1 Å². The molecule has 32 heavy (non-hydrogen) atoms. The fourth-order valence-electron chi connectivity index (χ4n) is 4.08. The molecule has 1 aliphatic rings. The van der Waals surface area contributed by atoms with Crippen molar-refractivity contribution in [1.82, 2.24) is 9.47 Å². The van der Waals surface area contributed by atoms with Crippen LogP contribution < -0.4 is 0 Å². The van der Waals surface area contributed by atoms with Crippen LogP contribution in [0.2, 0.25) is 0 Å². The minimum atomic E-state index is -0.434. The molecule has 1 heterocycles. The van der Waals surface area contributed by atoms with Gasteiger partial charge in [0.1, 0.15) is 18.2 Å². The molecule has 2 aromatic carbocycles. The lowest BCUT2D eigenvalue weighted by molar-refractivity contribution is -0.143. The number of rotatable bonds is 8. The third-order valence-electron chi connectivity index (χ3n) is 5.80. The van der Waals surface area contributed by atoms with E-state index in [9.17, 15) is 18.4 Å². The molecular weight excluding hydrogens is 414 g/mol. The van der Waals surface area contributed by atoms with Gasteiger partial charge in [0.25, 0.3) is 0 Å². The van der Waals surface area contributed by atoms with Crippen LogP contribution in [0, 0.1) is 17.6 Å². The van der Waals surface area contributed by atoms with Gasteiger partial charge in [-0.05, 0) is 62.1 Å². The standard InChI is InChI=1S/C25H26F2N2O3/c1-3-28(25(31)16-8-9-16)13-17-12-18(26)10-11-19(17)20-14-29(15-23(30)32-4-2)22-7-5-6-21(27)24(20)22/h5-7,10-12,14,16H,3-4,8-9,13,15H2,1-2H3. The highest BCUT2D eigenvalue weighted by Gasteiger charge is 2.33. The Kier molecular flexibility index (Phi) is 6.26. The molecule has 0 radical (unpaired) electrons. The first-order valence-corrected chi connectivity index (χ1v) is 10.9. The van der Waals surface area contributed by atoms with Crippen LogP contribution in [0.4, 0.5) is 8.78 Å². The third-order valence-corrected chi connectivity index (χ3v) is 5.80. The average Bonchev–Trinajstić information content (AvgIpc) is 3.55. The number of halogens is 2. The Bertz CT molecular complexity index is 1170. The van der Waals surface area contributed by atoms with Crippen LogP contribution in [-0.4, -0.2) is 34.5 Å². The predicted octanol–water partition coefficient (Wildman–Crippen LogP) is 4.91. The van der Waals surface area contributed by atoms with Crippen LogP contribution in [0.15, 0.2) is 42.6 Å². The monoisotopic (exact) mass is 440 g/mol. The van der Waals surface area contributed by atoms with Gasteiger partial charge in [0.15, 0.2) is 0 Å². The maximum absolute atomic E-state index is 14.9. The zero-order valence-electron chi connectivity index (χ0n) is 18.2. The van der Waals surface area contributed by atoms with Crippen molar-refractivity contribution in [2.45, 2.75) is 39.8 Å². The topological polar surface area (TPSA) is 51.5 Å². The maximum atomic E-state index is 14.9. The molecule has 0 saturated heterocycles. The molecule has 1 fully saturated rings. The molecule has 0 spiro atoms. The van der Waals surface area contributed by atoms with E-state index >= 15 is 0 Å². The number of carbonyl (C=O) groups excluding carboxylic acids is 2. The molecule has 1 amide bonds. The maximum Gasteiger partial charge on any atom is 0.325 e. The average molecular weight is 440 g/mol. The van der Waals surface area contributed by atoms with E-state index in [1.54, 1.807) is 40.8 Å².